The van der Waals surface area contributed by atoms with Crippen LogP contribution in [0.3, 0.4) is 0 Å². The summed E-state index contributed by atoms with van der Waals surface area (Å²) in [5, 5.41) is 0. The van der Waals surface area contributed by atoms with Crippen molar-refractivity contribution in [2.45, 2.75) is 32.1 Å². The Morgan fingerprint density at radius 2 is 2.15 bits per heavy atom. The normalized spacial score (nSPS) is 20.4. The maximum absolute atomic E-state index is 11.6. The summed E-state index contributed by atoms with van der Waals surface area (Å²) in [6, 6.07) is 8.03. The van der Waals surface area contributed by atoms with Gasteiger partial charge in [0.05, 0.1) is 0 Å². The molecule has 0 amide bonds. The zero-order valence-corrected chi connectivity index (χ0v) is 7.92. The molecule has 0 saturated carbocycles. The number of fused-ring (bicyclic) bond motifs is 1. The molecule has 1 aromatic rings. The molecule has 1 atom stereocenters. The summed E-state index contributed by atoms with van der Waals surface area (Å²) in [5.41, 5.74) is 2.23. The van der Waals surface area contributed by atoms with E-state index >= 15 is 0 Å². The zero-order chi connectivity index (χ0) is 9.26. The number of Topliss-reactive ketones (excluding diaryl/α,β-unsaturated/α-hetero) is 1. The molecule has 0 aliphatic heterocycles. The topological polar surface area (TPSA) is 17.1 Å². The van der Waals surface area contributed by atoms with Crippen LogP contribution in [0, 0.1) is 0 Å². The lowest BCUT2D eigenvalue weighted by Gasteiger charge is -2.07. The molecular weight excluding hydrogens is 160 g/mol. The van der Waals surface area contributed by atoms with Crippen LogP contribution in [0.1, 0.15) is 48.0 Å². The Balaban J connectivity index is 2.36. The highest BCUT2D eigenvalue weighted by Gasteiger charge is 2.27. The first-order valence-electron chi connectivity index (χ1n) is 4.95. The highest BCUT2D eigenvalue weighted by Crippen LogP contribution is 2.35. The smallest absolute Gasteiger partial charge is 0.163 e. The van der Waals surface area contributed by atoms with E-state index in [9.17, 15) is 4.79 Å². The third-order valence-electron chi connectivity index (χ3n) is 2.77. The second kappa shape index (κ2) is 3.33. The van der Waals surface area contributed by atoms with Gasteiger partial charge in [-0.05, 0) is 17.9 Å². The summed E-state index contributed by atoms with van der Waals surface area (Å²) in [7, 11) is 0. The van der Waals surface area contributed by atoms with Gasteiger partial charge in [-0.2, -0.15) is 0 Å². The highest BCUT2D eigenvalue weighted by atomic mass is 16.1. The van der Waals surface area contributed by atoms with Crippen LogP contribution >= 0.6 is 0 Å². The molecule has 13 heavy (non-hydrogen) atoms. The molecular formula is C12H14O. The van der Waals surface area contributed by atoms with Crippen LogP contribution in [0.2, 0.25) is 0 Å². The standard InChI is InChI=1S/C12H14O/c1-2-5-9-8-12(13)11-7-4-3-6-10(9)11/h3-4,6-7,9H,2,5,8H2,1H3. The van der Waals surface area contributed by atoms with Crippen molar-refractivity contribution in [3.63, 3.8) is 0 Å². The molecule has 0 radical (unpaired) electrons. The Morgan fingerprint density at radius 3 is 2.92 bits per heavy atom. The molecule has 68 valence electrons. The molecule has 1 aromatic carbocycles. The molecule has 0 spiro atoms. The second-order valence-corrected chi connectivity index (χ2v) is 3.70. The largest absolute Gasteiger partial charge is 0.294 e. The van der Waals surface area contributed by atoms with Crippen molar-refractivity contribution >= 4 is 5.78 Å². The van der Waals surface area contributed by atoms with Crippen molar-refractivity contribution in [2.24, 2.45) is 0 Å². The summed E-state index contributed by atoms with van der Waals surface area (Å²) in [5.74, 6) is 0.822. The second-order valence-electron chi connectivity index (χ2n) is 3.70. The van der Waals surface area contributed by atoms with Crippen LogP contribution in [0.4, 0.5) is 0 Å². The van der Waals surface area contributed by atoms with Gasteiger partial charge in [0.2, 0.25) is 0 Å². The highest BCUT2D eigenvalue weighted by molar-refractivity contribution is 6.01. The fraction of sp³-hybridized carbons (Fsp3) is 0.417. The number of benzene rings is 1. The molecule has 0 N–H and O–H groups in total. The van der Waals surface area contributed by atoms with Crippen molar-refractivity contribution in [3.05, 3.63) is 35.4 Å². The Hall–Kier alpha value is -1.11. The number of carbonyl (C=O) groups excluding carboxylic acids is 1. The van der Waals surface area contributed by atoms with Crippen molar-refractivity contribution in [1.29, 1.82) is 0 Å². The molecule has 1 nitrogen and oxygen atoms in total. The SMILES string of the molecule is CCCC1CC(=O)c2ccccc21. The van der Waals surface area contributed by atoms with Crippen LogP contribution in [0.5, 0.6) is 0 Å². The number of carbonyl (C=O) groups is 1. The minimum absolute atomic E-state index is 0.328. The number of rotatable bonds is 2. The van der Waals surface area contributed by atoms with E-state index in [0.29, 0.717) is 11.7 Å². The summed E-state index contributed by atoms with van der Waals surface area (Å²) < 4.78 is 0. The Bertz CT molecular complexity index is 328. The fourth-order valence-corrected chi connectivity index (χ4v) is 2.16. The lowest BCUT2D eigenvalue weighted by atomic mass is 9.97. The van der Waals surface area contributed by atoms with Crippen molar-refractivity contribution in [2.75, 3.05) is 0 Å². The molecule has 1 aliphatic carbocycles. The first-order valence-corrected chi connectivity index (χ1v) is 4.95. The molecule has 0 fully saturated rings. The van der Waals surface area contributed by atoms with E-state index in [1.54, 1.807) is 0 Å². The van der Waals surface area contributed by atoms with Gasteiger partial charge in [-0.1, -0.05) is 37.6 Å². The lowest BCUT2D eigenvalue weighted by molar-refractivity contribution is 0.0988. The fourth-order valence-electron chi connectivity index (χ4n) is 2.16. The van der Waals surface area contributed by atoms with Gasteiger partial charge < -0.3 is 0 Å². The Labute approximate surface area is 78.8 Å². The summed E-state index contributed by atoms with van der Waals surface area (Å²) >= 11 is 0. The zero-order valence-electron chi connectivity index (χ0n) is 7.92. The van der Waals surface area contributed by atoms with Gasteiger partial charge in [-0.15, -0.1) is 0 Å². The van der Waals surface area contributed by atoms with Gasteiger partial charge in [0, 0.05) is 12.0 Å². The van der Waals surface area contributed by atoms with E-state index in [1.165, 1.54) is 5.56 Å². The maximum atomic E-state index is 11.6. The van der Waals surface area contributed by atoms with Crippen LogP contribution < -0.4 is 0 Å². The number of hydrogen-bond acceptors (Lipinski definition) is 1. The van der Waals surface area contributed by atoms with E-state index in [-0.39, 0.29) is 0 Å². The van der Waals surface area contributed by atoms with E-state index in [4.69, 9.17) is 0 Å². The summed E-state index contributed by atoms with van der Waals surface area (Å²) in [6.45, 7) is 2.17. The molecule has 1 heteroatoms. The predicted octanol–water partition coefficient (Wildman–Crippen LogP) is 3.16. The number of ketones is 1. The lowest BCUT2D eigenvalue weighted by Crippen LogP contribution is -1.92. The Kier molecular flexibility index (Phi) is 2.17. The molecule has 0 bridgehead atoms. The minimum atomic E-state index is 0.328. The molecule has 1 aliphatic rings. The van der Waals surface area contributed by atoms with E-state index in [1.807, 2.05) is 18.2 Å². The predicted molar refractivity (Wildman–Crippen MR) is 53.0 cm³/mol. The maximum Gasteiger partial charge on any atom is 0.163 e. The molecule has 0 saturated heterocycles. The van der Waals surface area contributed by atoms with Crippen LogP contribution in [0.15, 0.2) is 24.3 Å². The van der Waals surface area contributed by atoms with E-state index < -0.39 is 0 Å². The van der Waals surface area contributed by atoms with Gasteiger partial charge in [0.25, 0.3) is 0 Å². The molecule has 0 aromatic heterocycles. The van der Waals surface area contributed by atoms with Gasteiger partial charge in [0.1, 0.15) is 0 Å². The quantitative estimate of drug-likeness (QED) is 0.673. The average Bonchev–Trinajstić information content (AvgIpc) is 2.46. The molecule has 1 unspecified atom stereocenters. The summed E-state index contributed by atoms with van der Waals surface area (Å²) in [4.78, 5) is 11.6. The third-order valence-corrected chi connectivity index (χ3v) is 2.77. The molecule has 0 heterocycles. The first kappa shape index (κ1) is 8.49. The first-order chi connectivity index (χ1) is 6.33. The third kappa shape index (κ3) is 1.39. The van der Waals surface area contributed by atoms with Crippen molar-refractivity contribution in [3.8, 4) is 0 Å². The number of hydrogen-bond donors (Lipinski definition) is 0. The van der Waals surface area contributed by atoms with E-state index in [0.717, 1.165) is 24.8 Å². The van der Waals surface area contributed by atoms with E-state index in [2.05, 4.69) is 13.0 Å². The van der Waals surface area contributed by atoms with Crippen LogP contribution in [-0.2, 0) is 0 Å². The molecule has 2 rings (SSSR count). The van der Waals surface area contributed by atoms with Crippen LogP contribution in [-0.4, -0.2) is 5.78 Å². The van der Waals surface area contributed by atoms with Gasteiger partial charge in [-0.25, -0.2) is 0 Å². The van der Waals surface area contributed by atoms with Gasteiger partial charge in [0.15, 0.2) is 5.78 Å². The van der Waals surface area contributed by atoms with Crippen LogP contribution in [0.25, 0.3) is 0 Å². The minimum Gasteiger partial charge on any atom is -0.294 e. The van der Waals surface area contributed by atoms with Crippen molar-refractivity contribution in [1.82, 2.24) is 0 Å². The van der Waals surface area contributed by atoms with Gasteiger partial charge in [-0.3, -0.25) is 4.79 Å². The monoisotopic (exact) mass is 174 g/mol. The Morgan fingerprint density at radius 1 is 1.38 bits per heavy atom. The summed E-state index contributed by atoms with van der Waals surface area (Å²) in [6.07, 6.45) is 3.03. The van der Waals surface area contributed by atoms with Gasteiger partial charge >= 0.3 is 0 Å². The van der Waals surface area contributed by atoms with Crippen molar-refractivity contribution < 1.29 is 4.79 Å². The average molecular weight is 174 g/mol.